The summed E-state index contributed by atoms with van der Waals surface area (Å²) in [7, 11) is 0. The molecule has 0 saturated heterocycles. The fourth-order valence-corrected chi connectivity index (χ4v) is 3.10. The Morgan fingerprint density at radius 1 is 1.18 bits per heavy atom. The Labute approximate surface area is 186 Å². The van der Waals surface area contributed by atoms with E-state index < -0.39 is 29.2 Å². The summed E-state index contributed by atoms with van der Waals surface area (Å²) in [5, 5.41) is 13.2. The van der Waals surface area contributed by atoms with Crippen molar-refractivity contribution in [3.8, 4) is 6.07 Å². The molecule has 170 valence electrons. The molecule has 0 aromatic heterocycles. The summed E-state index contributed by atoms with van der Waals surface area (Å²) >= 11 is 0. The maximum atomic E-state index is 14.6. The van der Waals surface area contributed by atoms with Gasteiger partial charge >= 0.3 is 12.2 Å². The van der Waals surface area contributed by atoms with Crippen LogP contribution in [-0.2, 0) is 15.7 Å². The van der Waals surface area contributed by atoms with E-state index in [2.05, 4.69) is 10.6 Å². The average molecular weight is 459 g/mol. The van der Waals surface area contributed by atoms with Gasteiger partial charge in [-0.1, -0.05) is 12.1 Å². The minimum atomic E-state index is -4.78. The molecule has 1 aliphatic carbocycles. The summed E-state index contributed by atoms with van der Waals surface area (Å²) in [5.41, 5.74) is -1.19. The minimum Gasteiger partial charge on any atom is -0.490 e. The maximum absolute atomic E-state index is 14.6. The molecule has 3 rings (SSSR count). The van der Waals surface area contributed by atoms with Crippen LogP contribution in [0.25, 0.3) is 5.57 Å². The van der Waals surface area contributed by atoms with Crippen molar-refractivity contribution in [3.63, 3.8) is 0 Å². The van der Waals surface area contributed by atoms with Gasteiger partial charge in [-0.25, -0.2) is 9.18 Å². The molecule has 0 spiro atoms. The van der Waals surface area contributed by atoms with E-state index in [1.165, 1.54) is 24.3 Å². The van der Waals surface area contributed by atoms with Crippen LogP contribution < -0.4 is 10.6 Å². The molecule has 2 N–H and O–H groups in total. The number of carbonyl (C=O) groups excluding carboxylic acids is 2. The van der Waals surface area contributed by atoms with Gasteiger partial charge in [0.1, 0.15) is 5.82 Å². The highest BCUT2D eigenvalue weighted by atomic mass is 19.4. The highest BCUT2D eigenvalue weighted by molar-refractivity contribution is 6.02. The lowest BCUT2D eigenvalue weighted by molar-refractivity contribution is -0.137. The normalized spacial score (nSPS) is 13.5. The number of nitrogens with zero attached hydrogens (tertiary/aromatic N) is 1. The number of anilines is 2. The predicted octanol–water partition coefficient (Wildman–Crippen LogP) is 5.64. The number of hydrogen-bond donors (Lipinski definition) is 2. The van der Waals surface area contributed by atoms with E-state index in [1.807, 2.05) is 0 Å². The number of ether oxygens (including phenoxy) is 1. The van der Waals surface area contributed by atoms with Gasteiger partial charge in [-0.2, -0.15) is 18.4 Å². The number of Topliss-reactive ketones (excluding diaryl/α,β-unsaturated/α-hetero) is 1. The first-order chi connectivity index (χ1) is 15.6. The average Bonchev–Trinajstić information content (AvgIpc) is 2.76. The summed E-state index contributed by atoms with van der Waals surface area (Å²) in [6.07, 6.45) is -1.54. The second-order valence-corrected chi connectivity index (χ2v) is 6.87. The Morgan fingerprint density at radius 2 is 1.94 bits per heavy atom. The number of nitrogens with one attached hydrogen (secondary N) is 2. The van der Waals surface area contributed by atoms with E-state index in [0.29, 0.717) is 23.8 Å². The minimum absolute atomic E-state index is 0.107. The summed E-state index contributed by atoms with van der Waals surface area (Å²) < 4.78 is 59.1. The molecule has 0 bridgehead atoms. The molecule has 0 fully saturated rings. The van der Waals surface area contributed by atoms with E-state index in [-0.39, 0.29) is 29.3 Å². The van der Waals surface area contributed by atoms with Gasteiger partial charge in [-0.3, -0.25) is 4.79 Å². The number of amides is 2. The molecule has 2 aromatic carbocycles. The van der Waals surface area contributed by atoms with Crippen molar-refractivity contribution in [2.75, 3.05) is 17.2 Å². The summed E-state index contributed by atoms with van der Waals surface area (Å²) in [6.45, 7) is 2.04. The lowest BCUT2D eigenvalue weighted by Gasteiger charge is -2.15. The zero-order chi connectivity index (χ0) is 24.2. The van der Waals surface area contributed by atoms with Gasteiger partial charge < -0.3 is 15.4 Å². The first kappa shape index (κ1) is 23.5. The van der Waals surface area contributed by atoms with E-state index >= 15 is 0 Å². The van der Waals surface area contributed by atoms with E-state index in [4.69, 9.17) is 10.00 Å². The molecule has 2 amide bonds. The third-order valence-corrected chi connectivity index (χ3v) is 4.62. The highest BCUT2D eigenvalue weighted by Crippen LogP contribution is 2.33. The topological polar surface area (TPSA) is 91.2 Å². The van der Waals surface area contributed by atoms with Crippen molar-refractivity contribution in [3.05, 3.63) is 76.8 Å². The summed E-state index contributed by atoms with van der Waals surface area (Å²) in [6, 6.07) is 7.11. The van der Waals surface area contributed by atoms with E-state index in [1.54, 1.807) is 13.0 Å². The smallest absolute Gasteiger partial charge is 0.417 e. The molecule has 6 nitrogen and oxygen atoms in total. The van der Waals surface area contributed by atoms with Gasteiger partial charge in [-0.05, 0) is 54.5 Å². The molecular formula is C23H17F4N3O3. The second kappa shape index (κ2) is 9.56. The lowest BCUT2D eigenvalue weighted by atomic mass is 9.97. The van der Waals surface area contributed by atoms with Crippen molar-refractivity contribution in [1.29, 1.82) is 5.26 Å². The number of alkyl halides is 3. The van der Waals surface area contributed by atoms with Gasteiger partial charge in [0.25, 0.3) is 0 Å². The number of halogens is 4. The van der Waals surface area contributed by atoms with E-state index in [0.717, 1.165) is 18.2 Å². The largest absolute Gasteiger partial charge is 0.490 e. The molecular weight excluding hydrogens is 442 g/mol. The van der Waals surface area contributed by atoms with Crippen LogP contribution in [-0.4, -0.2) is 18.4 Å². The van der Waals surface area contributed by atoms with Gasteiger partial charge in [0.05, 0.1) is 29.5 Å². The zero-order valence-corrected chi connectivity index (χ0v) is 17.2. The Kier molecular flexibility index (Phi) is 6.82. The van der Waals surface area contributed by atoms with Crippen molar-refractivity contribution in [2.45, 2.75) is 19.5 Å². The van der Waals surface area contributed by atoms with Crippen LogP contribution in [0.15, 0.2) is 54.3 Å². The number of hydrogen-bond acceptors (Lipinski definition) is 4. The van der Waals surface area contributed by atoms with Crippen molar-refractivity contribution in [1.82, 2.24) is 0 Å². The Bertz CT molecular complexity index is 1210. The molecule has 10 heteroatoms. The fourth-order valence-electron chi connectivity index (χ4n) is 3.10. The number of urea groups is 1. The predicted molar refractivity (Wildman–Crippen MR) is 113 cm³/mol. The monoisotopic (exact) mass is 459 g/mol. The molecule has 1 aliphatic rings. The third kappa shape index (κ3) is 5.57. The number of ketones is 1. The number of nitriles is 1. The fraction of sp³-hybridized carbons (Fsp3) is 0.174. The molecule has 2 aromatic rings. The Balaban J connectivity index is 1.74. The number of rotatable bonds is 5. The van der Waals surface area contributed by atoms with Gasteiger partial charge in [0.2, 0.25) is 5.78 Å². The lowest BCUT2D eigenvalue weighted by Crippen LogP contribution is -2.20. The van der Waals surface area contributed by atoms with Crippen molar-refractivity contribution < 1.29 is 31.9 Å². The van der Waals surface area contributed by atoms with Gasteiger partial charge in [0.15, 0.2) is 5.76 Å². The van der Waals surface area contributed by atoms with Gasteiger partial charge in [0, 0.05) is 12.1 Å². The first-order valence-electron chi connectivity index (χ1n) is 9.69. The first-order valence-corrected chi connectivity index (χ1v) is 9.69. The van der Waals surface area contributed by atoms with E-state index in [9.17, 15) is 27.2 Å². The summed E-state index contributed by atoms with van der Waals surface area (Å²) in [5.74, 6) is -0.798. The highest BCUT2D eigenvalue weighted by Gasteiger charge is 2.34. The quantitative estimate of drug-likeness (QED) is 0.567. The van der Waals surface area contributed by atoms with Crippen LogP contribution in [0.2, 0.25) is 0 Å². The van der Waals surface area contributed by atoms with Crippen LogP contribution in [0.5, 0.6) is 0 Å². The van der Waals surface area contributed by atoms with Crippen LogP contribution in [0, 0.1) is 17.1 Å². The van der Waals surface area contributed by atoms with Crippen LogP contribution >= 0.6 is 0 Å². The molecule has 0 heterocycles. The standard InChI is InChI=1S/C23H17F4N3O3/c1-2-33-21-10-14(5-8-20(21)31)13-4-7-19(18(24)9-13)30-22(32)29-16-6-3-15(12-28)17(11-16)23(25,26)27/h3-7,9-11H,2,8H2,1H3,(H2,29,30,32). The van der Waals surface area contributed by atoms with Gasteiger partial charge in [-0.15, -0.1) is 0 Å². The molecule has 0 saturated carbocycles. The third-order valence-electron chi connectivity index (χ3n) is 4.62. The molecule has 33 heavy (non-hydrogen) atoms. The van der Waals surface area contributed by atoms with Crippen LogP contribution in [0.4, 0.5) is 33.7 Å². The molecule has 0 unspecified atom stereocenters. The SMILES string of the molecule is CCOC1=CC(c2ccc(NC(=O)Nc3ccc(C#N)c(C(F)(F)F)c3)c(F)c2)=CCC1=O. The molecule has 0 radical (unpaired) electrons. The van der Waals surface area contributed by atoms with Crippen LogP contribution in [0.3, 0.4) is 0 Å². The molecule has 0 aliphatic heterocycles. The molecule has 0 atom stereocenters. The number of allylic oxidation sites excluding steroid dienone is 4. The second-order valence-electron chi connectivity index (χ2n) is 6.87. The Morgan fingerprint density at radius 3 is 2.58 bits per heavy atom. The van der Waals surface area contributed by atoms with Crippen LogP contribution in [0.1, 0.15) is 30.0 Å². The number of benzene rings is 2. The maximum Gasteiger partial charge on any atom is 0.417 e. The summed E-state index contributed by atoms with van der Waals surface area (Å²) in [4.78, 5) is 24.0. The zero-order valence-electron chi connectivity index (χ0n) is 17.2. The number of carbonyl (C=O) groups is 2. The van der Waals surface area contributed by atoms with Crippen molar-refractivity contribution >= 4 is 28.8 Å². The Hall–Kier alpha value is -4.13. The van der Waals surface area contributed by atoms with Crippen molar-refractivity contribution in [2.24, 2.45) is 0 Å².